The van der Waals surface area contributed by atoms with Crippen molar-refractivity contribution in [2.24, 2.45) is 0 Å². The predicted molar refractivity (Wildman–Crippen MR) is 138 cm³/mol. The van der Waals surface area contributed by atoms with Crippen molar-refractivity contribution in [2.75, 3.05) is 0 Å². The van der Waals surface area contributed by atoms with Crippen molar-refractivity contribution in [3.05, 3.63) is 118 Å². The minimum atomic E-state index is -5.00. The van der Waals surface area contributed by atoms with Crippen LogP contribution in [-0.2, 0) is 19.3 Å². The van der Waals surface area contributed by atoms with E-state index in [0.717, 1.165) is 36.5 Å². The van der Waals surface area contributed by atoms with Crippen LogP contribution in [0.3, 0.4) is 0 Å². The monoisotopic (exact) mass is 576 g/mol. The molecule has 0 nitrogen and oxygen atoms in total. The molecular weight excluding hydrogens is 555 g/mol. The van der Waals surface area contributed by atoms with Crippen molar-refractivity contribution in [1.82, 2.24) is 0 Å². The van der Waals surface area contributed by atoms with Gasteiger partial charge in [0.2, 0.25) is 0 Å². The molecule has 0 atom stereocenters. The Morgan fingerprint density at radius 1 is 0.585 bits per heavy atom. The molecule has 0 radical (unpaired) electrons. The van der Waals surface area contributed by atoms with Crippen molar-refractivity contribution in [1.29, 1.82) is 0 Å². The summed E-state index contributed by atoms with van der Waals surface area (Å²) in [6.07, 6.45) is -2.74. The Bertz CT molecular complexity index is 1610. The second kappa shape index (κ2) is 12.1. The molecule has 0 N–H and O–H groups in total. The zero-order valence-electron chi connectivity index (χ0n) is 21.5. The lowest BCUT2D eigenvalue weighted by Gasteiger charge is -2.12. The van der Waals surface area contributed by atoms with E-state index in [1.807, 2.05) is 13.0 Å². The maximum atomic E-state index is 15.0. The average Bonchev–Trinajstić information content (AvgIpc) is 2.87. The number of hydrogen-bond acceptors (Lipinski definition) is 0. The third kappa shape index (κ3) is 7.12. The minimum Gasteiger partial charge on any atom is -0.207 e. The van der Waals surface area contributed by atoms with Crippen LogP contribution in [-0.4, -0.2) is 6.18 Å². The first kappa shape index (κ1) is 29.8. The summed E-state index contributed by atoms with van der Waals surface area (Å²) in [6.45, 7) is 1.99. The van der Waals surface area contributed by atoms with Crippen LogP contribution < -0.4 is 0 Å². The Labute approximate surface area is 230 Å². The molecule has 4 rings (SSSR count). The second-order valence-corrected chi connectivity index (χ2v) is 9.37. The van der Waals surface area contributed by atoms with E-state index in [1.165, 1.54) is 30.2 Å². The smallest absolute Gasteiger partial charge is 0.207 e. The number of hydrogen-bond donors (Lipinski definition) is 0. The van der Waals surface area contributed by atoms with Crippen LogP contribution in [0.25, 0.3) is 22.3 Å². The highest BCUT2D eigenvalue weighted by Gasteiger charge is 2.24. The largest absolute Gasteiger partial charge is 0.458 e. The Hall–Kier alpha value is -4.19. The first-order valence-electron chi connectivity index (χ1n) is 12.5. The van der Waals surface area contributed by atoms with Gasteiger partial charge < -0.3 is 0 Å². The van der Waals surface area contributed by atoms with E-state index in [2.05, 4.69) is 0 Å². The normalized spacial score (nSPS) is 11.4. The van der Waals surface area contributed by atoms with Crippen LogP contribution in [0.1, 0.15) is 35.6 Å². The van der Waals surface area contributed by atoms with Crippen LogP contribution in [0.4, 0.5) is 39.5 Å². The molecule has 41 heavy (non-hydrogen) atoms. The molecule has 212 valence electrons. The number of halogens is 9. The Balaban J connectivity index is 1.57. The van der Waals surface area contributed by atoms with E-state index in [0.29, 0.717) is 36.1 Å². The molecule has 0 aliphatic carbocycles. The summed E-state index contributed by atoms with van der Waals surface area (Å²) in [6, 6.07) is 11.5. The maximum Gasteiger partial charge on any atom is 0.458 e. The van der Waals surface area contributed by atoms with Gasteiger partial charge in [0, 0.05) is 11.5 Å². The van der Waals surface area contributed by atoms with E-state index in [4.69, 9.17) is 0 Å². The Kier molecular flexibility index (Phi) is 8.81. The highest BCUT2D eigenvalue weighted by Crippen LogP contribution is 2.34. The fraction of sp³-hybridized carbons (Fsp3) is 0.188. The van der Waals surface area contributed by atoms with Crippen LogP contribution in [0, 0.1) is 46.7 Å². The molecule has 9 heteroatoms. The zero-order valence-corrected chi connectivity index (χ0v) is 21.5. The summed E-state index contributed by atoms with van der Waals surface area (Å²) < 4.78 is 125. The van der Waals surface area contributed by atoms with E-state index in [1.54, 1.807) is 6.07 Å². The molecule has 4 aromatic rings. The quantitative estimate of drug-likeness (QED) is 0.152. The van der Waals surface area contributed by atoms with Gasteiger partial charge in [-0.2, -0.15) is 13.2 Å². The highest BCUT2D eigenvalue weighted by molar-refractivity contribution is 5.73. The number of aryl methyl sites for hydroxylation is 3. The lowest BCUT2D eigenvalue weighted by molar-refractivity contribution is -0.0696. The van der Waals surface area contributed by atoms with Gasteiger partial charge in [-0.25, -0.2) is 26.3 Å². The lowest BCUT2D eigenvalue weighted by Crippen LogP contribution is -2.03. The van der Waals surface area contributed by atoms with Crippen molar-refractivity contribution < 1.29 is 39.5 Å². The molecule has 0 saturated carbocycles. The van der Waals surface area contributed by atoms with Gasteiger partial charge in [0.1, 0.15) is 34.9 Å². The molecule has 0 unspecified atom stereocenters. The Morgan fingerprint density at radius 3 is 1.71 bits per heavy atom. The molecule has 0 amide bonds. The first-order valence-corrected chi connectivity index (χ1v) is 12.5. The summed E-state index contributed by atoms with van der Waals surface area (Å²) in [4.78, 5) is 0. The van der Waals surface area contributed by atoms with Crippen LogP contribution in [0.5, 0.6) is 0 Å². The van der Waals surface area contributed by atoms with E-state index < -0.39 is 52.0 Å². The van der Waals surface area contributed by atoms with Crippen molar-refractivity contribution >= 4 is 0 Å². The van der Waals surface area contributed by atoms with Gasteiger partial charge in [-0.05, 0) is 83.5 Å². The van der Waals surface area contributed by atoms with E-state index in [9.17, 15) is 39.5 Å². The SMILES string of the molecule is CCCc1ccc(CCc2ccc(-c3cc(F)c(-c4cc(F)c(C#CC(F)(F)F)c(F)c4)c(F)c3)c(F)c2)c(F)c1. The molecule has 0 aliphatic heterocycles. The molecule has 0 spiro atoms. The third-order valence-corrected chi connectivity index (χ3v) is 6.39. The summed E-state index contributed by atoms with van der Waals surface area (Å²) in [7, 11) is 0. The maximum absolute atomic E-state index is 15.0. The zero-order chi connectivity index (χ0) is 29.9. The number of benzene rings is 4. The van der Waals surface area contributed by atoms with E-state index in [-0.39, 0.29) is 16.9 Å². The summed E-state index contributed by atoms with van der Waals surface area (Å²) >= 11 is 0. The molecule has 0 aromatic heterocycles. The number of rotatable bonds is 7. The fourth-order valence-electron chi connectivity index (χ4n) is 4.44. The standard InChI is InChI=1S/C32H21F9/c1-2-3-18-4-7-20(25(33)12-18)8-5-19-6-9-23(26(34)13-19)21-14-29(37)31(30(38)15-21)22-16-27(35)24(28(36)17-22)10-11-32(39,40)41/h4,6-7,9,12-17H,2-3,5,8H2,1H3. The molecule has 0 bridgehead atoms. The Morgan fingerprint density at radius 2 is 1.15 bits per heavy atom. The molecule has 0 saturated heterocycles. The highest BCUT2D eigenvalue weighted by atomic mass is 19.4. The van der Waals surface area contributed by atoms with Gasteiger partial charge in [0.15, 0.2) is 0 Å². The lowest BCUT2D eigenvalue weighted by atomic mass is 9.96. The summed E-state index contributed by atoms with van der Waals surface area (Å²) in [5.41, 5.74) is -1.14. The van der Waals surface area contributed by atoms with Gasteiger partial charge >= 0.3 is 6.18 Å². The van der Waals surface area contributed by atoms with Crippen molar-refractivity contribution in [2.45, 2.75) is 38.8 Å². The number of alkyl halides is 3. The topological polar surface area (TPSA) is 0 Å². The van der Waals surface area contributed by atoms with Gasteiger partial charge in [-0.3, -0.25) is 0 Å². The van der Waals surface area contributed by atoms with Gasteiger partial charge in [-0.15, -0.1) is 0 Å². The van der Waals surface area contributed by atoms with Crippen LogP contribution >= 0.6 is 0 Å². The molecular formula is C32H21F9. The van der Waals surface area contributed by atoms with E-state index >= 15 is 0 Å². The molecule has 4 aromatic carbocycles. The second-order valence-electron chi connectivity index (χ2n) is 9.37. The summed E-state index contributed by atoms with van der Waals surface area (Å²) in [5.74, 6) is -4.73. The summed E-state index contributed by atoms with van der Waals surface area (Å²) in [5, 5.41) is 0. The third-order valence-electron chi connectivity index (χ3n) is 6.39. The van der Waals surface area contributed by atoms with Crippen molar-refractivity contribution in [3.8, 4) is 34.1 Å². The van der Waals surface area contributed by atoms with Crippen molar-refractivity contribution in [3.63, 3.8) is 0 Å². The van der Waals surface area contributed by atoms with Crippen LogP contribution in [0.15, 0.2) is 60.7 Å². The fourth-order valence-corrected chi connectivity index (χ4v) is 4.44. The molecule has 0 heterocycles. The van der Waals surface area contributed by atoms with Gasteiger partial charge in [0.25, 0.3) is 0 Å². The van der Waals surface area contributed by atoms with Crippen LogP contribution in [0.2, 0.25) is 0 Å². The first-order chi connectivity index (χ1) is 19.4. The average molecular weight is 577 g/mol. The van der Waals surface area contributed by atoms with Gasteiger partial charge in [0.05, 0.1) is 11.1 Å². The molecule has 0 aliphatic rings. The minimum absolute atomic E-state index is 0.150. The van der Waals surface area contributed by atoms with Gasteiger partial charge in [-0.1, -0.05) is 43.5 Å². The molecule has 0 fully saturated rings. The predicted octanol–water partition coefficient (Wildman–Crippen LogP) is 9.51.